The molecule has 1 unspecified atom stereocenters. The summed E-state index contributed by atoms with van der Waals surface area (Å²) in [7, 11) is 0. The predicted molar refractivity (Wildman–Crippen MR) is 73.4 cm³/mol. The Hall–Kier alpha value is -1.03. The summed E-state index contributed by atoms with van der Waals surface area (Å²) in [5.41, 5.74) is 1.10. The fourth-order valence-corrected chi connectivity index (χ4v) is 1.95. The molecule has 1 atom stereocenters. The fourth-order valence-electron chi connectivity index (χ4n) is 1.95. The number of nitrogens with zero attached hydrogens (tertiary/aromatic N) is 2. The van der Waals surface area contributed by atoms with E-state index in [0.29, 0.717) is 6.04 Å². The van der Waals surface area contributed by atoms with Crippen molar-refractivity contribution >= 4 is 5.95 Å². The summed E-state index contributed by atoms with van der Waals surface area (Å²) < 4.78 is 0. The number of aromatic amines is 1. The van der Waals surface area contributed by atoms with Gasteiger partial charge in [0.15, 0.2) is 5.95 Å². The largest absolute Gasteiger partial charge is 0.353 e. The Balaban J connectivity index is 2.19. The van der Waals surface area contributed by atoms with Crippen LogP contribution in [-0.4, -0.2) is 40.5 Å². The van der Waals surface area contributed by atoms with Gasteiger partial charge in [0, 0.05) is 17.9 Å². The van der Waals surface area contributed by atoms with E-state index in [1.807, 2.05) is 13.1 Å². The number of nitrogens with one attached hydrogen (secondary N) is 2. The minimum Gasteiger partial charge on any atom is -0.353 e. The predicted octanol–water partition coefficient (Wildman–Crippen LogP) is 2.64. The molecule has 0 aliphatic carbocycles. The van der Waals surface area contributed by atoms with Crippen molar-refractivity contribution in [2.75, 3.05) is 25.0 Å². The Labute approximate surface area is 105 Å². The molecule has 1 heterocycles. The van der Waals surface area contributed by atoms with Crippen LogP contribution in [0.4, 0.5) is 5.95 Å². The minimum absolute atomic E-state index is 0.469. The van der Waals surface area contributed by atoms with Crippen LogP contribution in [0.1, 0.15) is 39.3 Å². The molecule has 0 amide bonds. The van der Waals surface area contributed by atoms with Gasteiger partial charge in [0.05, 0.1) is 0 Å². The van der Waals surface area contributed by atoms with Gasteiger partial charge < -0.3 is 15.2 Å². The van der Waals surface area contributed by atoms with Crippen LogP contribution in [0.3, 0.4) is 0 Å². The van der Waals surface area contributed by atoms with Crippen molar-refractivity contribution in [3.8, 4) is 0 Å². The average molecular weight is 238 g/mol. The summed E-state index contributed by atoms with van der Waals surface area (Å²) in [4.78, 5) is 9.91. The van der Waals surface area contributed by atoms with Crippen molar-refractivity contribution in [3.05, 3.63) is 11.9 Å². The molecule has 17 heavy (non-hydrogen) atoms. The molecule has 0 fully saturated rings. The first-order valence-corrected chi connectivity index (χ1v) is 6.66. The first-order chi connectivity index (χ1) is 8.15. The molecule has 4 heteroatoms. The van der Waals surface area contributed by atoms with Gasteiger partial charge in [-0.1, -0.05) is 13.8 Å². The summed E-state index contributed by atoms with van der Waals surface area (Å²) in [5, 5.41) is 3.39. The molecule has 0 radical (unpaired) electrons. The SMILES string of the molecule is CCN(CC)CCCC(C)Nc1ncc(C)[nH]1. The van der Waals surface area contributed by atoms with Gasteiger partial charge in [0.25, 0.3) is 0 Å². The Kier molecular flexibility index (Phi) is 6.05. The fraction of sp³-hybridized carbons (Fsp3) is 0.769. The number of anilines is 1. The number of aryl methyl sites for hydroxylation is 1. The van der Waals surface area contributed by atoms with Crippen LogP contribution >= 0.6 is 0 Å². The zero-order valence-electron chi connectivity index (χ0n) is 11.6. The summed E-state index contributed by atoms with van der Waals surface area (Å²) in [6.07, 6.45) is 4.26. The number of hydrogen-bond acceptors (Lipinski definition) is 3. The highest BCUT2D eigenvalue weighted by Crippen LogP contribution is 2.07. The van der Waals surface area contributed by atoms with Gasteiger partial charge in [-0.05, 0) is 46.3 Å². The molecule has 98 valence electrons. The summed E-state index contributed by atoms with van der Waals surface area (Å²) in [6, 6.07) is 0.469. The lowest BCUT2D eigenvalue weighted by atomic mass is 10.2. The van der Waals surface area contributed by atoms with Gasteiger partial charge in [-0.3, -0.25) is 0 Å². The van der Waals surface area contributed by atoms with Crippen LogP contribution in [0, 0.1) is 6.92 Å². The second-order valence-electron chi connectivity index (χ2n) is 4.63. The van der Waals surface area contributed by atoms with E-state index in [-0.39, 0.29) is 0 Å². The van der Waals surface area contributed by atoms with Gasteiger partial charge in [-0.15, -0.1) is 0 Å². The highest BCUT2D eigenvalue weighted by Gasteiger charge is 2.05. The van der Waals surface area contributed by atoms with Crippen molar-refractivity contribution in [2.45, 2.75) is 46.6 Å². The maximum Gasteiger partial charge on any atom is 0.200 e. The third-order valence-electron chi connectivity index (χ3n) is 3.09. The Morgan fingerprint density at radius 3 is 2.65 bits per heavy atom. The lowest BCUT2D eigenvalue weighted by Gasteiger charge is -2.19. The Morgan fingerprint density at radius 1 is 1.41 bits per heavy atom. The highest BCUT2D eigenvalue weighted by atomic mass is 15.1. The molecule has 1 aromatic rings. The van der Waals surface area contributed by atoms with Crippen LogP contribution in [0.25, 0.3) is 0 Å². The van der Waals surface area contributed by atoms with Crippen molar-refractivity contribution in [1.82, 2.24) is 14.9 Å². The van der Waals surface area contributed by atoms with Gasteiger partial charge in [0.2, 0.25) is 0 Å². The van der Waals surface area contributed by atoms with Crippen LogP contribution in [0.5, 0.6) is 0 Å². The molecule has 0 aliphatic heterocycles. The van der Waals surface area contributed by atoms with Gasteiger partial charge in [-0.2, -0.15) is 0 Å². The molecule has 0 aromatic carbocycles. The number of aromatic nitrogens is 2. The van der Waals surface area contributed by atoms with Crippen LogP contribution < -0.4 is 5.32 Å². The molecule has 0 bridgehead atoms. The van der Waals surface area contributed by atoms with E-state index in [4.69, 9.17) is 0 Å². The number of rotatable bonds is 8. The van der Waals surface area contributed by atoms with E-state index in [1.165, 1.54) is 19.4 Å². The summed E-state index contributed by atoms with van der Waals surface area (Å²) >= 11 is 0. The van der Waals surface area contributed by atoms with E-state index < -0.39 is 0 Å². The van der Waals surface area contributed by atoms with Crippen LogP contribution in [-0.2, 0) is 0 Å². The average Bonchev–Trinajstić information content (AvgIpc) is 2.70. The molecule has 1 aromatic heterocycles. The third-order valence-corrected chi connectivity index (χ3v) is 3.09. The maximum absolute atomic E-state index is 4.25. The van der Waals surface area contributed by atoms with Crippen molar-refractivity contribution in [2.24, 2.45) is 0 Å². The normalized spacial score (nSPS) is 13.0. The zero-order valence-corrected chi connectivity index (χ0v) is 11.6. The highest BCUT2D eigenvalue weighted by molar-refractivity contribution is 5.26. The summed E-state index contributed by atoms with van der Waals surface area (Å²) in [5.74, 6) is 0.887. The Bertz CT molecular complexity index is 304. The lowest BCUT2D eigenvalue weighted by Crippen LogP contribution is -2.25. The third kappa shape index (κ3) is 5.22. The van der Waals surface area contributed by atoms with Crippen LogP contribution in [0.2, 0.25) is 0 Å². The van der Waals surface area contributed by atoms with Gasteiger partial charge in [-0.25, -0.2) is 4.98 Å². The number of imidazole rings is 1. The van der Waals surface area contributed by atoms with Crippen LogP contribution in [0.15, 0.2) is 6.20 Å². The van der Waals surface area contributed by atoms with E-state index in [1.54, 1.807) is 0 Å². The lowest BCUT2D eigenvalue weighted by molar-refractivity contribution is 0.295. The quantitative estimate of drug-likeness (QED) is 0.732. The van der Waals surface area contributed by atoms with Gasteiger partial charge in [0.1, 0.15) is 0 Å². The molecule has 0 saturated carbocycles. The van der Waals surface area contributed by atoms with E-state index in [9.17, 15) is 0 Å². The van der Waals surface area contributed by atoms with Gasteiger partial charge >= 0.3 is 0 Å². The van der Waals surface area contributed by atoms with Crippen molar-refractivity contribution in [3.63, 3.8) is 0 Å². The molecule has 4 nitrogen and oxygen atoms in total. The first kappa shape index (κ1) is 14.0. The number of hydrogen-bond donors (Lipinski definition) is 2. The number of H-pyrrole nitrogens is 1. The first-order valence-electron chi connectivity index (χ1n) is 6.66. The smallest absolute Gasteiger partial charge is 0.200 e. The molecular weight excluding hydrogens is 212 g/mol. The molecule has 2 N–H and O–H groups in total. The molecule has 0 saturated heterocycles. The van der Waals surface area contributed by atoms with E-state index >= 15 is 0 Å². The molecular formula is C13H26N4. The standard InChI is InChI=1S/C13H26N4/c1-5-17(6-2)9-7-8-11(3)15-13-14-10-12(4)16-13/h10-11H,5-9H2,1-4H3,(H2,14,15,16). The molecule has 1 rings (SSSR count). The van der Waals surface area contributed by atoms with Crippen molar-refractivity contribution in [1.29, 1.82) is 0 Å². The maximum atomic E-state index is 4.25. The zero-order chi connectivity index (χ0) is 12.7. The topological polar surface area (TPSA) is 44.0 Å². The Morgan fingerprint density at radius 2 is 2.12 bits per heavy atom. The monoisotopic (exact) mass is 238 g/mol. The summed E-state index contributed by atoms with van der Waals surface area (Å²) in [6.45, 7) is 12.2. The second kappa shape index (κ2) is 7.33. The minimum atomic E-state index is 0.469. The van der Waals surface area contributed by atoms with E-state index in [2.05, 4.69) is 41.0 Å². The molecule has 0 aliphatic rings. The molecule has 0 spiro atoms. The van der Waals surface area contributed by atoms with E-state index in [0.717, 1.165) is 24.7 Å². The van der Waals surface area contributed by atoms with Crippen molar-refractivity contribution < 1.29 is 0 Å². The second-order valence-corrected chi connectivity index (χ2v) is 4.63.